The molecular formula is C12H14N2O6. The smallest absolute Gasteiger partial charge is 0.330 e. The maximum Gasteiger partial charge on any atom is 0.330 e. The summed E-state index contributed by atoms with van der Waals surface area (Å²) in [7, 11) is 0. The van der Waals surface area contributed by atoms with Crippen molar-refractivity contribution in [3.63, 3.8) is 0 Å². The van der Waals surface area contributed by atoms with E-state index in [1.165, 1.54) is 6.20 Å². The lowest BCUT2D eigenvalue weighted by molar-refractivity contribution is -0.0677. The van der Waals surface area contributed by atoms with Gasteiger partial charge < -0.3 is 19.7 Å². The number of H-pyrrole nitrogens is 1. The number of aliphatic hydroxyl groups is 2. The van der Waals surface area contributed by atoms with Gasteiger partial charge in [-0.25, -0.2) is 4.79 Å². The van der Waals surface area contributed by atoms with Gasteiger partial charge >= 0.3 is 5.69 Å². The summed E-state index contributed by atoms with van der Waals surface area (Å²) in [4.78, 5) is 24.8. The maximum absolute atomic E-state index is 11.7. The Bertz CT molecular complexity index is 615. The average molecular weight is 282 g/mol. The normalized spacial score (nSPS) is 29.2. The lowest BCUT2D eigenvalue weighted by Crippen LogP contribution is -2.39. The molecule has 1 aliphatic heterocycles. The molecule has 0 aliphatic carbocycles. The Hall–Kier alpha value is -1.92. The van der Waals surface area contributed by atoms with Crippen LogP contribution in [0.25, 0.3) is 0 Å². The second-order valence-corrected chi connectivity index (χ2v) is 4.24. The zero-order valence-electron chi connectivity index (χ0n) is 10.4. The van der Waals surface area contributed by atoms with Crippen LogP contribution in [-0.2, 0) is 9.47 Å². The second-order valence-electron chi connectivity index (χ2n) is 4.24. The molecule has 8 nitrogen and oxygen atoms in total. The van der Waals surface area contributed by atoms with Crippen LogP contribution in [0.3, 0.4) is 0 Å². The fourth-order valence-corrected chi connectivity index (χ4v) is 2.05. The Kier molecular flexibility index (Phi) is 4.36. The third-order valence-electron chi connectivity index (χ3n) is 2.98. The number of rotatable bonds is 4. The summed E-state index contributed by atoms with van der Waals surface area (Å²) in [5.74, 6) is 2.25. The van der Waals surface area contributed by atoms with Gasteiger partial charge in [-0.3, -0.25) is 14.3 Å². The molecule has 4 atom stereocenters. The minimum Gasteiger partial charge on any atom is -0.394 e. The highest BCUT2D eigenvalue weighted by atomic mass is 16.6. The predicted molar refractivity (Wildman–Crippen MR) is 66.9 cm³/mol. The summed E-state index contributed by atoms with van der Waals surface area (Å²) in [5, 5.41) is 19.1. The minimum atomic E-state index is -1.14. The minimum absolute atomic E-state index is 0.0855. The van der Waals surface area contributed by atoms with Crippen molar-refractivity contribution >= 4 is 0 Å². The molecule has 0 bridgehead atoms. The van der Waals surface area contributed by atoms with E-state index < -0.39 is 42.4 Å². The van der Waals surface area contributed by atoms with Gasteiger partial charge in [0.25, 0.3) is 5.56 Å². The van der Waals surface area contributed by atoms with Crippen LogP contribution < -0.4 is 11.2 Å². The largest absolute Gasteiger partial charge is 0.394 e. The molecule has 1 aliphatic rings. The summed E-state index contributed by atoms with van der Waals surface area (Å²) in [5.41, 5.74) is -1.26. The van der Waals surface area contributed by atoms with Crippen molar-refractivity contribution in [2.45, 2.75) is 24.5 Å². The van der Waals surface area contributed by atoms with Gasteiger partial charge in [-0.05, 0) is 0 Å². The predicted octanol–water partition coefficient (Wildman–Crippen LogP) is -2.19. The Labute approximate surface area is 113 Å². The molecule has 0 saturated carbocycles. The second kappa shape index (κ2) is 6.02. The van der Waals surface area contributed by atoms with E-state index in [-0.39, 0.29) is 6.61 Å². The number of ether oxygens (including phenoxy) is 2. The first-order valence-electron chi connectivity index (χ1n) is 5.89. The number of aromatic nitrogens is 2. The molecule has 3 N–H and O–H groups in total. The van der Waals surface area contributed by atoms with Crippen molar-refractivity contribution in [2.24, 2.45) is 0 Å². The molecule has 1 saturated heterocycles. The van der Waals surface area contributed by atoms with E-state index in [1.54, 1.807) is 0 Å². The monoisotopic (exact) mass is 282 g/mol. The molecule has 4 unspecified atom stereocenters. The first-order valence-corrected chi connectivity index (χ1v) is 5.89. The molecule has 8 heteroatoms. The molecule has 2 heterocycles. The Balaban J connectivity index is 2.34. The lowest BCUT2D eigenvalue weighted by Gasteiger charge is -2.21. The molecule has 0 amide bonds. The van der Waals surface area contributed by atoms with Crippen LogP contribution in [0.15, 0.2) is 21.9 Å². The van der Waals surface area contributed by atoms with E-state index >= 15 is 0 Å². The van der Waals surface area contributed by atoms with Crippen LogP contribution in [0.1, 0.15) is 6.23 Å². The number of terminal acetylenes is 1. The molecule has 0 aromatic carbocycles. The summed E-state index contributed by atoms with van der Waals surface area (Å²) in [6, 6.07) is 1.14. The summed E-state index contributed by atoms with van der Waals surface area (Å²) in [6.45, 7) is -0.524. The zero-order valence-corrected chi connectivity index (χ0v) is 10.4. The van der Waals surface area contributed by atoms with Gasteiger partial charge in [-0.15, -0.1) is 6.42 Å². The highest BCUT2D eigenvalue weighted by Crippen LogP contribution is 2.30. The third kappa shape index (κ3) is 2.66. The molecule has 108 valence electrons. The van der Waals surface area contributed by atoms with Crippen LogP contribution in [0.2, 0.25) is 0 Å². The molecule has 2 rings (SSSR count). The number of nitrogens with zero attached hydrogens (tertiary/aromatic N) is 1. The Morgan fingerprint density at radius 3 is 2.90 bits per heavy atom. The van der Waals surface area contributed by atoms with Gasteiger partial charge in [0, 0.05) is 12.3 Å². The van der Waals surface area contributed by atoms with E-state index in [4.69, 9.17) is 21.0 Å². The van der Waals surface area contributed by atoms with Crippen molar-refractivity contribution in [1.29, 1.82) is 0 Å². The lowest BCUT2D eigenvalue weighted by atomic mass is 10.1. The Morgan fingerprint density at radius 2 is 2.30 bits per heavy atom. The molecule has 1 fully saturated rings. The summed E-state index contributed by atoms with van der Waals surface area (Å²) >= 11 is 0. The fourth-order valence-electron chi connectivity index (χ4n) is 2.05. The topological polar surface area (TPSA) is 114 Å². The summed E-state index contributed by atoms with van der Waals surface area (Å²) < 4.78 is 11.7. The first-order chi connectivity index (χ1) is 9.58. The molecule has 1 aromatic heterocycles. The van der Waals surface area contributed by atoms with Gasteiger partial charge in [0.05, 0.1) is 6.61 Å². The van der Waals surface area contributed by atoms with Gasteiger partial charge in [0.1, 0.15) is 24.9 Å². The third-order valence-corrected chi connectivity index (χ3v) is 2.98. The maximum atomic E-state index is 11.7. The van der Waals surface area contributed by atoms with Gasteiger partial charge in [0.15, 0.2) is 6.23 Å². The van der Waals surface area contributed by atoms with Crippen molar-refractivity contribution in [2.75, 3.05) is 13.2 Å². The van der Waals surface area contributed by atoms with Crippen molar-refractivity contribution < 1.29 is 19.7 Å². The molecular weight excluding hydrogens is 268 g/mol. The standard InChI is InChI=1S/C12H14N2O6/c1-2-5-19-10-9(17)7(6-15)20-11(10)14-4-3-8(16)13-12(14)18/h1,3-4,7,9-11,15,17H,5-6H2,(H,13,16,18). The molecule has 20 heavy (non-hydrogen) atoms. The molecule has 1 aromatic rings. The quantitative estimate of drug-likeness (QED) is 0.540. The van der Waals surface area contributed by atoms with E-state index in [0.717, 1.165) is 10.6 Å². The number of aromatic amines is 1. The average Bonchev–Trinajstić information content (AvgIpc) is 2.73. The van der Waals surface area contributed by atoms with Gasteiger partial charge in [-0.2, -0.15) is 0 Å². The van der Waals surface area contributed by atoms with Crippen LogP contribution in [0.4, 0.5) is 0 Å². The van der Waals surface area contributed by atoms with Crippen molar-refractivity contribution in [1.82, 2.24) is 9.55 Å². The number of aliphatic hydroxyl groups excluding tert-OH is 2. The summed E-state index contributed by atoms with van der Waals surface area (Å²) in [6.07, 6.45) is 2.36. The van der Waals surface area contributed by atoms with Crippen LogP contribution in [0.5, 0.6) is 0 Å². The molecule has 0 radical (unpaired) electrons. The number of nitrogens with one attached hydrogen (secondary N) is 1. The van der Waals surface area contributed by atoms with Gasteiger partial charge in [-0.1, -0.05) is 5.92 Å². The van der Waals surface area contributed by atoms with E-state index in [0.29, 0.717) is 0 Å². The SMILES string of the molecule is C#CCOC1C(O)C(CO)OC1n1ccc(=O)[nH]c1=O. The van der Waals surface area contributed by atoms with Crippen LogP contribution in [-0.4, -0.2) is 51.3 Å². The van der Waals surface area contributed by atoms with E-state index in [2.05, 4.69) is 10.9 Å². The number of hydrogen-bond acceptors (Lipinski definition) is 6. The van der Waals surface area contributed by atoms with Crippen LogP contribution >= 0.6 is 0 Å². The fraction of sp³-hybridized carbons (Fsp3) is 0.500. The Morgan fingerprint density at radius 1 is 1.55 bits per heavy atom. The van der Waals surface area contributed by atoms with Crippen molar-refractivity contribution in [3.05, 3.63) is 33.1 Å². The van der Waals surface area contributed by atoms with Crippen LogP contribution in [0, 0.1) is 12.3 Å². The highest BCUT2D eigenvalue weighted by Gasteiger charge is 2.45. The first kappa shape index (κ1) is 14.5. The highest BCUT2D eigenvalue weighted by molar-refractivity contribution is 4.95. The van der Waals surface area contributed by atoms with Gasteiger partial charge in [0.2, 0.25) is 0 Å². The molecule has 0 spiro atoms. The van der Waals surface area contributed by atoms with E-state index in [1.807, 2.05) is 0 Å². The number of hydrogen-bond donors (Lipinski definition) is 3. The van der Waals surface area contributed by atoms with Crippen molar-refractivity contribution in [3.8, 4) is 12.3 Å². The zero-order chi connectivity index (χ0) is 14.7. The van der Waals surface area contributed by atoms with E-state index in [9.17, 15) is 14.7 Å².